The average Bonchev–Trinajstić information content (AvgIpc) is 3.46. The Morgan fingerprint density at radius 1 is 0.900 bits per heavy atom. The number of hydrogen-bond donors (Lipinski definition) is 1. The molecule has 1 fully saturated rings. The van der Waals surface area contributed by atoms with Gasteiger partial charge in [0.05, 0.1) is 10.6 Å². The Morgan fingerprint density at radius 3 is 2.15 bits per heavy atom. The lowest BCUT2D eigenvalue weighted by atomic mass is 10.1. The van der Waals surface area contributed by atoms with Crippen molar-refractivity contribution in [1.29, 1.82) is 0 Å². The van der Waals surface area contributed by atoms with Crippen molar-refractivity contribution >= 4 is 27.5 Å². The molecular formula is C32H39N3O4S. The first-order valence-corrected chi connectivity index (χ1v) is 15.4. The fourth-order valence-electron chi connectivity index (χ4n) is 5.26. The molecule has 1 aliphatic rings. The normalized spacial score (nSPS) is 14.5. The average molecular weight is 562 g/mol. The maximum Gasteiger partial charge on any atom is 0.264 e. The van der Waals surface area contributed by atoms with Crippen LogP contribution in [0.4, 0.5) is 5.69 Å². The summed E-state index contributed by atoms with van der Waals surface area (Å²) in [5, 5.41) is 3.14. The van der Waals surface area contributed by atoms with Gasteiger partial charge in [0.25, 0.3) is 10.0 Å². The van der Waals surface area contributed by atoms with E-state index in [0.717, 1.165) is 42.4 Å². The van der Waals surface area contributed by atoms with E-state index in [0.29, 0.717) is 12.1 Å². The number of anilines is 1. The van der Waals surface area contributed by atoms with Crippen LogP contribution in [0, 0.1) is 13.8 Å². The monoisotopic (exact) mass is 561 g/mol. The second-order valence-electron chi connectivity index (χ2n) is 10.5. The first-order chi connectivity index (χ1) is 19.2. The zero-order chi connectivity index (χ0) is 28.7. The maximum absolute atomic E-state index is 14.2. The van der Waals surface area contributed by atoms with Gasteiger partial charge in [-0.05, 0) is 62.4 Å². The molecule has 1 saturated carbocycles. The third-order valence-electron chi connectivity index (χ3n) is 7.56. The van der Waals surface area contributed by atoms with Gasteiger partial charge in [-0.25, -0.2) is 8.42 Å². The quantitative estimate of drug-likeness (QED) is 0.341. The predicted octanol–water partition coefficient (Wildman–Crippen LogP) is 5.36. The Kier molecular flexibility index (Phi) is 9.63. The van der Waals surface area contributed by atoms with Gasteiger partial charge in [0, 0.05) is 12.6 Å². The van der Waals surface area contributed by atoms with Gasteiger partial charge < -0.3 is 10.2 Å². The van der Waals surface area contributed by atoms with Crippen LogP contribution >= 0.6 is 0 Å². The van der Waals surface area contributed by atoms with Gasteiger partial charge in [-0.3, -0.25) is 13.9 Å². The highest BCUT2D eigenvalue weighted by atomic mass is 32.2. The lowest BCUT2D eigenvalue weighted by Gasteiger charge is -2.34. The van der Waals surface area contributed by atoms with E-state index in [9.17, 15) is 18.0 Å². The Hall–Kier alpha value is -3.65. The summed E-state index contributed by atoms with van der Waals surface area (Å²) in [4.78, 5) is 29.3. The Balaban J connectivity index is 1.71. The summed E-state index contributed by atoms with van der Waals surface area (Å²) >= 11 is 0. The molecular weight excluding hydrogens is 522 g/mol. The number of rotatable bonds is 11. The van der Waals surface area contributed by atoms with Crippen molar-refractivity contribution in [2.45, 2.75) is 76.4 Å². The molecule has 1 N–H and O–H groups in total. The van der Waals surface area contributed by atoms with Crippen LogP contribution in [0.1, 0.15) is 55.7 Å². The summed E-state index contributed by atoms with van der Waals surface area (Å²) in [6.45, 7) is 5.36. The van der Waals surface area contributed by atoms with Crippen molar-refractivity contribution in [3.63, 3.8) is 0 Å². The summed E-state index contributed by atoms with van der Waals surface area (Å²) < 4.78 is 29.2. The van der Waals surface area contributed by atoms with Crippen LogP contribution in [0.15, 0.2) is 83.8 Å². The molecule has 0 saturated heterocycles. The lowest BCUT2D eigenvalue weighted by molar-refractivity contribution is -0.140. The van der Waals surface area contributed by atoms with Crippen molar-refractivity contribution in [2.75, 3.05) is 10.8 Å². The Bertz CT molecular complexity index is 1400. The number of carbonyl (C=O) groups excluding carboxylic acids is 2. The third kappa shape index (κ3) is 6.91. The fourth-order valence-corrected chi connectivity index (χ4v) is 6.74. The van der Waals surface area contributed by atoms with E-state index in [2.05, 4.69) is 5.32 Å². The zero-order valence-corrected chi connectivity index (χ0v) is 24.4. The van der Waals surface area contributed by atoms with Gasteiger partial charge in [-0.1, -0.05) is 86.0 Å². The standard InChI is InChI=1S/C32H39N3O4S/c1-4-29(32(37)33-27-15-9-10-16-27)34(22-26-13-6-5-7-14-26)31(36)23-35(30-17-11-8-12-25(30)3)40(38,39)28-20-18-24(2)19-21-28/h5-8,11-14,17-21,27,29H,4,9-10,15-16,22-23H2,1-3H3,(H,33,37). The Labute approximate surface area is 238 Å². The molecule has 0 aromatic heterocycles. The molecule has 3 aromatic rings. The number of para-hydroxylation sites is 1. The molecule has 4 rings (SSSR count). The van der Waals surface area contributed by atoms with Crippen molar-refractivity contribution in [3.05, 3.63) is 95.6 Å². The number of nitrogens with one attached hydrogen (secondary N) is 1. The molecule has 0 radical (unpaired) electrons. The SMILES string of the molecule is CCC(C(=O)NC1CCCC1)N(Cc1ccccc1)C(=O)CN(c1ccccc1C)S(=O)(=O)c1ccc(C)cc1. The summed E-state index contributed by atoms with van der Waals surface area (Å²) in [6.07, 6.45) is 4.44. The van der Waals surface area contributed by atoms with E-state index in [-0.39, 0.29) is 23.4 Å². The minimum atomic E-state index is -4.08. The number of hydrogen-bond acceptors (Lipinski definition) is 4. The van der Waals surface area contributed by atoms with Crippen LogP contribution in [-0.2, 0) is 26.2 Å². The predicted molar refractivity (Wildman–Crippen MR) is 158 cm³/mol. The second kappa shape index (κ2) is 13.1. The molecule has 1 unspecified atom stereocenters. The van der Waals surface area contributed by atoms with E-state index in [1.807, 2.05) is 63.2 Å². The molecule has 0 heterocycles. The largest absolute Gasteiger partial charge is 0.352 e. The fraction of sp³-hybridized carbons (Fsp3) is 0.375. The van der Waals surface area contributed by atoms with E-state index >= 15 is 0 Å². The van der Waals surface area contributed by atoms with Crippen LogP contribution in [-0.4, -0.2) is 43.8 Å². The molecule has 1 atom stereocenters. The number of nitrogens with zero attached hydrogens (tertiary/aromatic N) is 2. The molecule has 3 aromatic carbocycles. The minimum absolute atomic E-state index is 0.106. The first kappa shape index (κ1) is 29.3. The van der Waals surface area contributed by atoms with Gasteiger partial charge in [0.2, 0.25) is 11.8 Å². The van der Waals surface area contributed by atoms with Crippen molar-refractivity contribution < 1.29 is 18.0 Å². The highest BCUT2D eigenvalue weighted by Gasteiger charge is 2.34. The van der Waals surface area contributed by atoms with Crippen molar-refractivity contribution in [2.24, 2.45) is 0 Å². The molecule has 7 nitrogen and oxygen atoms in total. The van der Waals surface area contributed by atoms with Crippen LogP contribution in [0.5, 0.6) is 0 Å². The molecule has 212 valence electrons. The molecule has 1 aliphatic carbocycles. The van der Waals surface area contributed by atoms with Crippen molar-refractivity contribution in [3.8, 4) is 0 Å². The van der Waals surface area contributed by atoms with E-state index < -0.39 is 28.5 Å². The molecule has 8 heteroatoms. The summed E-state index contributed by atoms with van der Waals surface area (Å²) in [5.74, 6) is -0.626. The molecule has 0 spiro atoms. The van der Waals surface area contributed by atoms with Gasteiger partial charge in [-0.2, -0.15) is 0 Å². The third-order valence-corrected chi connectivity index (χ3v) is 9.33. The molecule has 0 bridgehead atoms. The highest BCUT2D eigenvalue weighted by molar-refractivity contribution is 7.92. The van der Waals surface area contributed by atoms with Crippen LogP contribution in [0.25, 0.3) is 0 Å². The topological polar surface area (TPSA) is 86.8 Å². The number of sulfonamides is 1. The van der Waals surface area contributed by atoms with Gasteiger partial charge in [-0.15, -0.1) is 0 Å². The Morgan fingerprint density at radius 2 is 1.52 bits per heavy atom. The van der Waals surface area contributed by atoms with Crippen LogP contribution in [0.3, 0.4) is 0 Å². The zero-order valence-electron chi connectivity index (χ0n) is 23.5. The van der Waals surface area contributed by atoms with E-state index in [1.165, 1.54) is 9.21 Å². The number of benzene rings is 3. The summed E-state index contributed by atoms with van der Waals surface area (Å²) in [5.41, 5.74) is 2.96. The van der Waals surface area contributed by atoms with E-state index in [4.69, 9.17) is 0 Å². The summed E-state index contributed by atoms with van der Waals surface area (Å²) in [7, 11) is -4.08. The molecule has 0 aliphatic heterocycles. The van der Waals surface area contributed by atoms with Crippen molar-refractivity contribution in [1.82, 2.24) is 10.2 Å². The summed E-state index contributed by atoms with van der Waals surface area (Å²) in [6, 6.07) is 22.6. The molecule has 2 amide bonds. The smallest absolute Gasteiger partial charge is 0.264 e. The minimum Gasteiger partial charge on any atom is -0.352 e. The number of aryl methyl sites for hydroxylation is 2. The van der Waals surface area contributed by atoms with Gasteiger partial charge in [0.1, 0.15) is 12.6 Å². The lowest BCUT2D eigenvalue weighted by Crippen LogP contribution is -2.53. The first-order valence-electron chi connectivity index (χ1n) is 14.0. The second-order valence-corrected chi connectivity index (χ2v) is 12.4. The number of carbonyl (C=O) groups is 2. The van der Waals surface area contributed by atoms with Gasteiger partial charge in [0.15, 0.2) is 0 Å². The van der Waals surface area contributed by atoms with Gasteiger partial charge >= 0.3 is 0 Å². The van der Waals surface area contributed by atoms with Crippen LogP contribution < -0.4 is 9.62 Å². The highest BCUT2D eigenvalue weighted by Crippen LogP contribution is 2.28. The number of amides is 2. The van der Waals surface area contributed by atoms with Crippen LogP contribution in [0.2, 0.25) is 0 Å². The molecule has 40 heavy (non-hydrogen) atoms. The maximum atomic E-state index is 14.2. The van der Waals surface area contributed by atoms with E-state index in [1.54, 1.807) is 36.4 Å².